The van der Waals surface area contributed by atoms with Crippen LogP contribution in [0.5, 0.6) is 0 Å². The van der Waals surface area contributed by atoms with E-state index in [1.165, 1.54) is 29.6 Å². The minimum absolute atomic E-state index is 0.133. The number of aryl methyl sites for hydroxylation is 1. The van der Waals surface area contributed by atoms with Crippen molar-refractivity contribution in [2.24, 2.45) is 0 Å². The molecule has 0 radical (unpaired) electrons. The summed E-state index contributed by atoms with van der Waals surface area (Å²) in [4.78, 5) is 0.133. The van der Waals surface area contributed by atoms with E-state index in [4.69, 9.17) is 0 Å². The highest BCUT2D eigenvalue weighted by Crippen LogP contribution is 2.17. The number of benzene rings is 1. The van der Waals surface area contributed by atoms with Crippen LogP contribution in [0.2, 0.25) is 0 Å². The van der Waals surface area contributed by atoms with E-state index in [1.807, 2.05) is 7.05 Å². The molecular weight excluding hydrogens is 255 g/mol. The van der Waals surface area contributed by atoms with Gasteiger partial charge in [0.05, 0.1) is 4.90 Å². The van der Waals surface area contributed by atoms with Crippen LogP contribution in [-0.2, 0) is 10.0 Å². The van der Waals surface area contributed by atoms with E-state index < -0.39 is 15.8 Å². The van der Waals surface area contributed by atoms with Crippen LogP contribution < -0.4 is 5.32 Å². The van der Waals surface area contributed by atoms with Crippen LogP contribution in [0.3, 0.4) is 0 Å². The first-order valence-electron chi connectivity index (χ1n) is 5.76. The molecule has 1 aromatic rings. The highest BCUT2D eigenvalue weighted by molar-refractivity contribution is 7.89. The van der Waals surface area contributed by atoms with Crippen LogP contribution >= 0.6 is 0 Å². The molecule has 102 valence electrons. The maximum atomic E-state index is 13.1. The number of nitrogens with zero attached hydrogens (tertiary/aromatic N) is 1. The van der Waals surface area contributed by atoms with Gasteiger partial charge in [-0.2, -0.15) is 0 Å². The average Bonchev–Trinajstić information content (AvgIpc) is 2.32. The summed E-state index contributed by atoms with van der Waals surface area (Å²) in [5.41, 5.74) is 0.333. The molecule has 18 heavy (non-hydrogen) atoms. The van der Waals surface area contributed by atoms with Gasteiger partial charge < -0.3 is 5.32 Å². The smallest absolute Gasteiger partial charge is 0.242 e. The second-order valence-corrected chi connectivity index (χ2v) is 6.24. The van der Waals surface area contributed by atoms with Crippen LogP contribution in [0.15, 0.2) is 23.1 Å². The minimum atomic E-state index is -3.52. The van der Waals surface area contributed by atoms with Crippen molar-refractivity contribution in [3.63, 3.8) is 0 Å². The Morgan fingerprint density at radius 2 is 2.06 bits per heavy atom. The first-order valence-corrected chi connectivity index (χ1v) is 7.20. The van der Waals surface area contributed by atoms with Crippen LogP contribution in [0.1, 0.15) is 12.0 Å². The Morgan fingerprint density at radius 1 is 1.39 bits per heavy atom. The third-order valence-corrected chi connectivity index (χ3v) is 4.59. The monoisotopic (exact) mass is 274 g/mol. The second-order valence-electron chi connectivity index (χ2n) is 4.19. The van der Waals surface area contributed by atoms with E-state index in [0.29, 0.717) is 12.1 Å². The molecule has 1 rings (SSSR count). The molecule has 0 fully saturated rings. The van der Waals surface area contributed by atoms with Crippen molar-refractivity contribution in [2.75, 3.05) is 27.2 Å². The molecule has 1 aromatic carbocycles. The van der Waals surface area contributed by atoms with Gasteiger partial charge in [-0.05, 0) is 50.7 Å². The first-order chi connectivity index (χ1) is 8.39. The van der Waals surface area contributed by atoms with Gasteiger partial charge in [0.2, 0.25) is 10.0 Å². The Labute approximate surface area is 108 Å². The molecule has 4 nitrogen and oxygen atoms in total. The number of nitrogens with one attached hydrogen (secondary N) is 1. The zero-order chi connectivity index (χ0) is 13.8. The van der Waals surface area contributed by atoms with Gasteiger partial charge in [-0.25, -0.2) is 17.1 Å². The maximum absolute atomic E-state index is 13.1. The Bertz CT molecular complexity index is 503. The van der Waals surface area contributed by atoms with E-state index in [0.717, 1.165) is 13.0 Å². The summed E-state index contributed by atoms with van der Waals surface area (Å²) in [6, 6.07) is 3.84. The largest absolute Gasteiger partial charge is 0.320 e. The van der Waals surface area contributed by atoms with Crippen LogP contribution in [0.25, 0.3) is 0 Å². The predicted molar refractivity (Wildman–Crippen MR) is 69.5 cm³/mol. The molecule has 0 bridgehead atoms. The Hall–Kier alpha value is -0.980. The highest BCUT2D eigenvalue weighted by Gasteiger charge is 2.20. The fourth-order valence-corrected chi connectivity index (χ4v) is 2.85. The van der Waals surface area contributed by atoms with E-state index in [2.05, 4.69) is 5.32 Å². The van der Waals surface area contributed by atoms with Crippen molar-refractivity contribution in [3.05, 3.63) is 29.6 Å². The molecule has 0 heterocycles. The normalized spacial score (nSPS) is 12.1. The zero-order valence-electron chi connectivity index (χ0n) is 10.9. The van der Waals surface area contributed by atoms with E-state index in [9.17, 15) is 12.8 Å². The van der Waals surface area contributed by atoms with Crippen molar-refractivity contribution < 1.29 is 12.8 Å². The first kappa shape index (κ1) is 15.1. The number of hydrogen-bond acceptors (Lipinski definition) is 3. The van der Waals surface area contributed by atoms with Crippen molar-refractivity contribution >= 4 is 10.0 Å². The molecule has 0 spiro atoms. The summed E-state index contributed by atoms with van der Waals surface area (Å²) in [5, 5.41) is 2.96. The van der Waals surface area contributed by atoms with Gasteiger partial charge in [0.15, 0.2) is 0 Å². The minimum Gasteiger partial charge on any atom is -0.320 e. The third kappa shape index (κ3) is 3.51. The lowest BCUT2D eigenvalue weighted by Crippen LogP contribution is -2.29. The topological polar surface area (TPSA) is 49.4 Å². The summed E-state index contributed by atoms with van der Waals surface area (Å²) in [6.07, 6.45) is 0.729. The van der Waals surface area contributed by atoms with Gasteiger partial charge in [-0.3, -0.25) is 0 Å². The van der Waals surface area contributed by atoms with Gasteiger partial charge >= 0.3 is 0 Å². The summed E-state index contributed by atoms with van der Waals surface area (Å²) in [6.45, 7) is 2.73. The number of sulfonamides is 1. The summed E-state index contributed by atoms with van der Waals surface area (Å²) in [5.74, 6) is -0.396. The molecule has 0 aliphatic rings. The lowest BCUT2D eigenvalue weighted by molar-refractivity contribution is 0.458. The van der Waals surface area contributed by atoms with Crippen molar-refractivity contribution in [3.8, 4) is 0 Å². The Kier molecular flexibility index (Phi) is 5.25. The third-order valence-electron chi connectivity index (χ3n) is 2.74. The molecule has 0 unspecified atom stereocenters. The van der Waals surface area contributed by atoms with E-state index in [1.54, 1.807) is 6.92 Å². The SMILES string of the molecule is CNCCCN(C)S(=O)(=O)c1ccc(F)c(C)c1. The standard InChI is InChI=1S/C12H19FN2O2S/c1-10-9-11(5-6-12(10)13)18(16,17)15(3)8-4-7-14-2/h5-6,9,14H,4,7-8H2,1-3H3. The molecule has 0 aromatic heterocycles. The molecule has 0 amide bonds. The molecule has 0 saturated heterocycles. The van der Waals surface area contributed by atoms with Crippen molar-refractivity contribution in [1.29, 1.82) is 0 Å². The van der Waals surface area contributed by atoms with Crippen LogP contribution in [0, 0.1) is 12.7 Å². The van der Waals surface area contributed by atoms with Gasteiger partial charge in [0.25, 0.3) is 0 Å². The predicted octanol–water partition coefficient (Wildman–Crippen LogP) is 1.36. The lowest BCUT2D eigenvalue weighted by atomic mass is 10.2. The second kappa shape index (κ2) is 6.26. The van der Waals surface area contributed by atoms with E-state index in [-0.39, 0.29) is 4.90 Å². The van der Waals surface area contributed by atoms with Crippen molar-refractivity contribution in [1.82, 2.24) is 9.62 Å². The van der Waals surface area contributed by atoms with Crippen LogP contribution in [0.4, 0.5) is 4.39 Å². The fourth-order valence-electron chi connectivity index (χ4n) is 1.56. The highest BCUT2D eigenvalue weighted by atomic mass is 32.2. The zero-order valence-corrected chi connectivity index (χ0v) is 11.7. The van der Waals surface area contributed by atoms with Crippen LogP contribution in [-0.4, -0.2) is 39.9 Å². The lowest BCUT2D eigenvalue weighted by Gasteiger charge is -2.17. The van der Waals surface area contributed by atoms with Gasteiger partial charge in [-0.1, -0.05) is 0 Å². The Morgan fingerprint density at radius 3 is 2.61 bits per heavy atom. The van der Waals surface area contributed by atoms with Gasteiger partial charge in [0, 0.05) is 13.6 Å². The molecule has 0 aliphatic carbocycles. The quantitative estimate of drug-likeness (QED) is 0.797. The number of halogens is 1. The maximum Gasteiger partial charge on any atom is 0.242 e. The molecule has 0 atom stereocenters. The molecule has 6 heteroatoms. The molecular formula is C12H19FN2O2S. The summed E-state index contributed by atoms with van der Waals surface area (Å²) >= 11 is 0. The number of rotatable bonds is 6. The van der Waals surface area contributed by atoms with Gasteiger partial charge in [0.1, 0.15) is 5.82 Å². The summed E-state index contributed by atoms with van der Waals surface area (Å²) in [7, 11) is -0.171. The average molecular weight is 274 g/mol. The fraction of sp³-hybridized carbons (Fsp3) is 0.500. The van der Waals surface area contributed by atoms with Gasteiger partial charge in [-0.15, -0.1) is 0 Å². The molecule has 0 aliphatic heterocycles. The molecule has 0 saturated carbocycles. The summed E-state index contributed by atoms with van der Waals surface area (Å²) < 4.78 is 38.8. The number of hydrogen-bond donors (Lipinski definition) is 1. The van der Waals surface area contributed by atoms with Crippen molar-refractivity contribution in [2.45, 2.75) is 18.2 Å². The van der Waals surface area contributed by atoms with E-state index >= 15 is 0 Å². The molecule has 1 N–H and O–H groups in total. The Balaban J connectivity index is 2.88.